The van der Waals surface area contributed by atoms with Crippen LogP contribution in [0.15, 0.2) is 144 Å². The van der Waals surface area contributed by atoms with Crippen molar-refractivity contribution in [2.45, 2.75) is 333 Å². The molecule has 18 rings (SSSR count). The highest BCUT2D eigenvalue weighted by Gasteiger charge is 2.18. The summed E-state index contributed by atoms with van der Waals surface area (Å²) in [5.74, 6) is 0. The molecule has 4 aromatic carbocycles. The second-order valence-electron chi connectivity index (χ2n) is 29.6. The molecule has 5 aromatic heterocycles. The molecule has 0 N–H and O–H groups in total. The molecule has 0 radical (unpaired) electrons. The number of benzene rings is 4. The Hall–Kier alpha value is -9.85. The number of unbranched alkanes of at least 4 members (excludes halogenated alkanes) is 2. The number of fused-ring (bicyclic) bond motifs is 9. The largest absolute Gasteiger partial charge is 0.288 e. The number of hydrogen-bond donors (Lipinski definition) is 0. The standard InChI is InChI=1S/2C11H12.7C10H11N.2C4H10.7C2H6/c2*1-8-6-7-10-4-3-5-11(10)9(8)2;1-7-3-4-9-5-11-6-10(9)8(7)2;1-7-3-4-9-5-6-11-10(9)8(7)2;2*1-7-8(2)11-6-9-4-3-5-10(7)9;1-7-6-10-9(8(7)2)4-3-5-11-10;2*1-7-6-11-10-5-3-4-9(10)8(7)2;2*1-3-4-2;7*1-2/h3,5-7H,4H2,1-2H3;3-4,6-7H,5H2,1-2H3;2*3-4,6H,5H2,1-2H3;3,5-6H,4H2,1-2H3;3-4,6H,5H2,1-2H3;3-5H,6H2,1-2H3;3,5-6H,4H2,1-2H3;3-4,6H,5H2,1-2H3;2*3-4H2,1-2H3;7*1-2H3. The Morgan fingerprint density at radius 2 is 0.752 bits per heavy atom. The van der Waals surface area contributed by atoms with Crippen LogP contribution in [0.2, 0.25) is 0 Å². The molecule has 0 spiro atoms. The molecule has 0 unspecified atom stereocenters. The van der Waals surface area contributed by atoms with E-state index in [1.807, 2.05) is 146 Å². The fourth-order valence-corrected chi connectivity index (χ4v) is 13.5. The molecule has 7 nitrogen and oxygen atoms in total. The van der Waals surface area contributed by atoms with Crippen LogP contribution >= 0.6 is 0 Å². The van der Waals surface area contributed by atoms with Gasteiger partial charge in [0.15, 0.2) is 0 Å². The minimum Gasteiger partial charge on any atom is -0.288 e. The van der Waals surface area contributed by atoms with Gasteiger partial charge < -0.3 is 0 Å². The fourth-order valence-electron chi connectivity index (χ4n) is 13.5. The zero-order valence-corrected chi connectivity index (χ0v) is 83.1. The van der Waals surface area contributed by atoms with Gasteiger partial charge in [0.25, 0.3) is 0 Å². The van der Waals surface area contributed by atoms with Gasteiger partial charge in [0.05, 0.1) is 29.3 Å². The van der Waals surface area contributed by atoms with Crippen molar-refractivity contribution in [3.05, 3.63) is 318 Å². The normalized spacial score (nSPS) is 12.2. The van der Waals surface area contributed by atoms with Gasteiger partial charge in [-0.1, -0.05) is 277 Å². The summed E-state index contributed by atoms with van der Waals surface area (Å²) in [5, 5.41) is 0. The van der Waals surface area contributed by atoms with E-state index in [1.54, 1.807) is 0 Å². The number of pyridine rings is 5. The van der Waals surface area contributed by atoms with Gasteiger partial charge in [-0.3, -0.25) is 34.9 Å². The lowest BCUT2D eigenvalue weighted by atomic mass is 9.99. The summed E-state index contributed by atoms with van der Waals surface area (Å²) in [5.41, 5.74) is 48.7. The summed E-state index contributed by atoms with van der Waals surface area (Å²) >= 11 is 0. The van der Waals surface area contributed by atoms with Gasteiger partial charge in [0.1, 0.15) is 0 Å². The monoisotopic (exact) mass is 1630 g/mol. The Kier molecular flexibility index (Phi) is 54.7. The van der Waals surface area contributed by atoms with E-state index in [0.29, 0.717) is 0 Å². The predicted molar refractivity (Wildman–Crippen MR) is 545 cm³/mol. The van der Waals surface area contributed by atoms with E-state index in [0.717, 1.165) is 75.0 Å². The first kappa shape index (κ1) is 109. The van der Waals surface area contributed by atoms with Crippen LogP contribution in [0, 0.1) is 111 Å². The first-order valence-corrected chi connectivity index (χ1v) is 46.2. The van der Waals surface area contributed by atoms with Gasteiger partial charge in [-0.2, -0.15) is 0 Å². The molecule has 654 valence electrons. The maximum Gasteiger partial charge on any atom is 0.0693 e. The molecule has 0 amide bonds. The lowest BCUT2D eigenvalue weighted by Crippen LogP contribution is -1.93. The van der Waals surface area contributed by atoms with Crippen LogP contribution in [-0.4, -0.2) is 37.3 Å². The summed E-state index contributed by atoms with van der Waals surface area (Å²) in [6.07, 6.45) is 53.7. The van der Waals surface area contributed by atoms with E-state index in [9.17, 15) is 0 Å². The highest BCUT2D eigenvalue weighted by molar-refractivity contribution is 5.87. The zero-order valence-electron chi connectivity index (χ0n) is 83.1. The Bertz CT molecular complexity index is 4350. The van der Waals surface area contributed by atoms with E-state index in [-0.39, 0.29) is 0 Å². The third kappa shape index (κ3) is 32.5. The third-order valence-corrected chi connectivity index (χ3v) is 22.4. The maximum absolute atomic E-state index is 4.36. The molecule has 121 heavy (non-hydrogen) atoms. The van der Waals surface area contributed by atoms with Crippen molar-refractivity contribution in [1.82, 2.24) is 24.9 Å². The molecular formula is C114H163N7. The van der Waals surface area contributed by atoms with Crippen molar-refractivity contribution in [3.8, 4) is 0 Å². The van der Waals surface area contributed by atoms with Crippen LogP contribution in [0.25, 0.3) is 42.0 Å². The number of nitrogens with zero attached hydrogens (tertiary/aromatic N) is 7. The first-order valence-electron chi connectivity index (χ1n) is 46.2. The summed E-state index contributed by atoms with van der Waals surface area (Å²) in [6, 6.07) is 21.7. The van der Waals surface area contributed by atoms with Crippen molar-refractivity contribution in [3.63, 3.8) is 0 Å². The molecule has 7 aliphatic carbocycles. The Morgan fingerprint density at radius 3 is 1.36 bits per heavy atom. The second-order valence-corrected chi connectivity index (χ2v) is 29.6. The van der Waals surface area contributed by atoms with Crippen LogP contribution in [0.3, 0.4) is 0 Å². The quantitative estimate of drug-likeness (QED) is 0.172. The van der Waals surface area contributed by atoms with E-state index < -0.39 is 0 Å². The van der Waals surface area contributed by atoms with Crippen molar-refractivity contribution >= 4 is 60.1 Å². The van der Waals surface area contributed by atoms with Gasteiger partial charge in [0.2, 0.25) is 0 Å². The van der Waals surface area contributed by atoms with Crippen LogP contribution in [0.4, 0.5) is 5.69 Å². The van der Waals surface area contributed by atoms with Crippen molar-refractivity contribution in [2.75, 3.05) is 0 Å². The fraction of sp³-hybridized carbons (Fsp3) is 0.430. The lowest BCUT2D eigenvalue weighted by molar-refractivity contribution is 0.886. The zero-order chi connectivity index (χ0) is 91.4. The number of allylic oxidation sites excluding steroid dienone is 8. The number of aliphatic imine (C=N–C) groups is 2. The van der Waals surface area contributed by atoms with Crippen molar-refractivity contribution < 1.29 is 0 Å². The van der Waals surface area contributed by atoms with Crippen LogP contribution < -0.4 is 0 Å². The highest BCUT2D eigenvalue weighted by atomic mass is 14.8. The van der Waals surface area contributed by atoms with Gasteiger partial charge in [-0.25, -0.2) is 0 Å². The molecule has 0 bridgehead atoms. The number of rotatable bonds is 2. The summed E-state index contributed by atoms with van der Waals surface area (Å²) in [6.45, 7) is 76.2. The van der Waals surface area contributed by atoms with E-state index in [2.05, 4.69) is 315 Å². The highest BCUT2D eigenvalue weighted by Crippen LogP contribution is 2.33. The maximum atomic E-state index is 4.36. The molecule has 7 heteroatoms. The van der Waals surface area contributed by atoms with Gasteiger partial charge >= 0.3 is 0 Å². The number of hydrogen-bond acceptors (Lipinski definition) is 7. The average Bonchev–Trinajstić information content (AvgIpc) is 1.69. The Balaban J connectivity index is 0.000000661. The van der Waals surface area contributed by atoms with Crippen LogP contribution in [0.1, 0.15) is 348 Å². The molecule has 0 saturated carbocycles. The van der Waals surface area contributed by atoms with E-state index in [4.69, 9.17) is 0 Å². The third-order valence-electron chi connectivity index (χ3n) is 22.4. The number of aryl methyl sites for hydroxylation is 8. The molecule has 9 aromatic rings. The lowest BCUT2D eigenvalue weighted by Gasteiger charge is -2.06. The topological polar surface area (TPSA) is 89.2 Å². The first-order chi connectivity index (χ1) is 58.4. The van der Waals surface area contributed by atoms with Gasteiger partial charge in [-0.05, 0) is 325 Å². The van der Waals surface area contributed by atoms with Crippen molar-refractivity contribution in [1.29, 1.82) is 0 Å². The smallest absolute Gasteiger partial charge is 0.0693 e. The second kappa shape index (κ2) is 60.6. The van der Waals surface area contributed by atoms with Gasteiger partial charge in [0, 0.05) is 79.6 Å². The van der Waals surface area contributed by atoms with E-state index >= 15 is 0 Å². The van der Waals surface area contributed by atoms with Crippen LogP contribution in [-0.2, 0) is 57.9 Å². The van der Waals surface area contributed by atoms with Crippen LogP contribution in [0.5, 0.6) is 0 Å². The molecular weight excluding hydrogens is 1470 g/mol. The Labute approximate surface area is 741 Å². The van der Waals surface area contributed by atoms with Crippen molar-refractivity contribution in [2.24, 2.45) is 9.98 Å². The van der Waals surface area contributed by atoms with E-state index in [1.165, 1.54) is 210 Å². The molecule has 0 saturated heterocycles. The minimum absolute atomic E-state index is 0.871. The number of aromatic nitrogens is 5. The van der Waals surface area contributed by atoms with Gasteiger partial charge in [-0.15, -0.1) is 0 Å². The Morgan fingerprint density at radius 1 is 0.306 bits per heavy atom. The molecule has 9 aliphatic rings. The SMILES string of the molecule is CC.CC.CC.CC.CC.CC.CC.CC1=C(C)c2cccnc2C1.CCCC.CCCC.Cc1ccc2c(c1C)C=CC2.Cc1ccc2c(c1C)C=NC2.Cc1ccc2c(c1C)CC=C2.Cc1ccc2c(c1C)N=CC2.Cc1cnc2c(c1C)C=CC2.Cc1cnc2c(c1C)CC=C2.Cc1ncc2c(c1C)C=CC2.Cc1ncc2c(c1C)CC=C2. The molecule has 2 aliphatic heterocycles. The summed E-state index contributed by atoms with van der Waals surface area (Å²) in [4.78, 5) is 30.2. The average molecular weight is 1630 g/mol. The molecule has 0 fully saturated rings. The molecule has 0 atom stereocenters. The summed E-state index contributed by atoms with van der Waals surface area (Å²) in [7, 11) is 0. The molecule has 7 heterocycles. The minimum atomic E-state index is 0.871. The predicted octanol–water partition coefficient (Wildman–Crippen LogP) is 32.8. The summed E-state index contributed by atoms with van der Waals surface area (Å²) < 4.78 is 0.